The van der Waals surface area contributed by atoms with Crippen LogP contribution in [0.2, 0.25) is 0 Å². The molecular weight excluding hydrogens is 236 g/mol. The third-order valence-electron chi connectivity index (χ3n) is 3.75. The van der Waals surface area contributed by atoms with E-state index in [1.165, 1.54) is 5.56 Å². The van der Waals surface area contributed by atoms with Crippen molar-refractivity contribution in [3.8, 4) is 5.75 Å². The highest BCUT2D eigenvalue weighted by Gasteiger charge is 2.15. The maximum Gasteiger partial charge on any atom is 0.145 e. The minimum absolute atomic E-state index is 0.383. The molecule has 0 spiro atoms. The predicted octanol–water partition coefficient (Wildman–Crippen LogP) is 3.65. The van der Waals surface area contributed by atoms with Gasteiger partial charge in [0.1, 0.15) is 11.3 Å². The molecule has 3 heteroatoms. The van der Waals surface area contributed by atoms with Crippen molar-refractivity contribution >= 4 is 10.9 Å². The van der Waals surface area contributed by atoms with Crippen LogP contribution in [0.15, 0.2) is 30.5 Å². The normalized spacial score (nSPS) is 12.9. The molecule has 1 atom stereocenters. The SMILES string of the molecule is CCN(CC)C(C)c1cc(OC)c2ncccc2c1. The van der Waals surface area contributed by atoms with Crippen LogP contribution >= 0.6 is 0 Å². The van der Waals surface area contributed by atoms with E-state index in [-0.39, 0.29) is 0 Å². The smallest absolute Gasteiger partial charge is 0.145 e. The Labute approximate surface area is 115 Å². The molecule has 3 nitrogen and oxygen atoms in total. The lowest BCUT2D eigenvalue weighted by atomic mass is 10.0. The lowest BCUT2D eigenvalue weighted by Gasteiger charge is -2.27. The van der Waals surface area contributed by atoms with Crippen LogP contribution in [0, 0.1) is 0 Å². The Morgan fingerprint density at radius 1 is 1.26 bits per heavy atom. The van der Waals surface area contributed by atoms with Crippen LogP contribution in [0.5, 0.6) is 5.75 Å². The first-order valence-electron chi connectivity index (χ1n) is 6.88. The molecule has 0 N–H and O–H groups in total. The summed E-state index contributed by atoms with van der Waals surface area (Å²) in [5.41, 5.74) is 2.21. The Balaban J connectivity index is 2.49. The number of hydrogen-bond acceptors (Lipinski definition) is 3. The van der Waals surface area contributed by atoms with E-state index >= 15 is 0 Å². The predicted molar refractivity (Wildman–Crippen MR) is 79.6 cm³/mol. The Morgan fingerprint density at radius 2 is 2.00 bits per heavy atom. The molecular formula is C16H22N2O. The highest BCUT2D eigenvalue weighted by Crippen LogP contribution is 2.30. The van der Waals surface area contributed by atoms with Gasteiger partial charge in [-0.05, 0) is 43.8 Å². The van der Waals surface area contributed by atoms with Crippen molar-refractivity contribution in [2.75, 3.05) is 20.2 Å². The van der Waals surface area contributed by atoms with Crippen molar-refractivity contribution in [1.29, 1.82) is 0 Å². The van der Waals surface area contributed by atoms with E-state index in [9.17, 15) is 0 Å². The first-order valence-corrected chi connectivity index (χ1v) is 6.88. The average molecular weight is 258 g/mol. The van der Waals surface area contributed by atoms with Crippen LogP contribution in [0.4, 0.5) is 0 Å². The Kier molecular flexibility index (Phi) is 4.38. The molecule has 1 unspecified atom stereocenters. The third kappa shape index (κ3) is 2.71. The van der Waals surface area contributed by atoms with Crippen LogP contribution in [-0.4, -0.2) is 30.1 Å². The van der Waals surface area contributed by atoms with Gasteiger partial charge in [-0.15, -0.1) is 0 Å². The van der Waals surface area contributed by atoms with Crippen molar-refractivity contribution in [3.63, 3.8) is 0 Å². The molecule has 0 saturated heterocycles. The first-order chi connectivity index (χ1) is 9.21. The largest absolute Gasteiger partial charge is 0.494 e. The summed E-state index contributed by atoms with van der Waals surface area (Å²) in [5.74, 6) is 0.854. The number of fused-ring (bicyclic) bond motifs is 1. The second kappa shape index (κ2) is 6.02. The van der Waals surface area contributed by atoms with Crippen LogP contribution < -0.4 is 4.74 Å². The van der Waals surface area contributed by atoms with Gasteiger partial charge in [0.05, 0.1) is 7.11 Å². The highest BCUT2D eigenvalue weighted by atomic mass is 16.5. The van der Waals surface area contributed by atoms with Crippen LogP contribution in [0.25, 0.3) is 10.9 Å². The fourth-order valence-corrected chi connectivity index (χ4v) is 2.56. The number of pyridine rings is 1. The summed E-state index contributed by atoms with van der Waals surface area (Å²) in [7, 11) is 1.70. The van der Waals surface area contributed by atoms with Gasteiger partial charge in [-0.2, -0.15) is 0 Å². The van der Waals surface area contributed by atoms with Crippen LogP contribution in [-0.2, 0) is 0 Å². The molecule has 0 radical (unpaired) electrons. The average Bonchev–Trinajstić information content (AvgIpc) is 2.47. The fourth-order valence-electron chi connectivity index (χ4n) is 2.56. The molecule has 1 aromatic carbocycles. The van der Waals surface area contributed by atoms with Gasteiger partial charge in [-0.3, -0.25) is 9.88 Å². The molecule has 1 aromatic heterocycles. The topological polar surface area (TPSA) is 25.4 Å². The van der Waals surface area contributed by atoms with Gasteiger partial charge in [0, 0.05) is 17.6 Å². The zero-order chi connectivity index (χ0) is 13.8. The number of ether oxygens (including phenoxy) is 1. The van der Waals surface area contributed by atoms with E-state index in [2.05, 4.69) is 48.9 Å². The summed E-state index contributed by atoms with van der Waals surface area (Å²) >= 11 is 0. The molecule has 0 bridgehead atoms. The minimum atomic E-state index is 0.383. The summed E-state index contributed by atoms with van der Waals surface area (Å²) in [6.07, 6.45) is 1.80. The number of nitrogens with zero attached hydrogens (tertiary/aromatic N) is 2. The summed E-state index contributed by atoms with van der Waals surface area (Å²) < 4.78 is 5.48. The van der Waals surface area contributed by atoms with Gasteiger partial charge in [-0.25, -0.2) is 0 Å². The van der Waals surface area contributed by atoms with Gasteiger partial charge in [-0.1, -0.05) is 19.9 Å². The number of methoxy groups -OCH3 is 1. The number of benzene rings is 1. The quantitative estimate of drug-likeness (QED) is 0.818. The molecule has 1 heterocycles. The molecule has 102 valence electrons. The standard InChI is InChI=1S/C16H22N2O/c1-5-18(6-2)12(3)14-10-13-8-7-9-17-16(13)15(11-14)19-4/h7-12H,5-6H2,1-4H3. The second-order valence-corrected chi connectivity index (χ2v) is 4.70. The summed E-state index contributed by atoms with van der Waals surface area (Å²) in [4.78, 5) is 6.83. The van der Waals surface area contributed by atoms with Gasteiger partial charge in [0.25, 0.3) is 0 Å². The highest BCUT2D eigenvalue weighted by molar-refractivity contribution is 5.85. The Hall–Kier alpha value is -1.61. The van der Waals surface area contributed by atoms with E-state index < -0.39 is 0 Å². The van der Waals surface area contributed by atoms with Gasteiger partial charge in [0.2, 0.25) is 0 Å². The van der Waals surface area contributed by atoms with E-state index in [0.717, 1.165) is 29.7 Å². The van der Waals surface area contributed by atoms with Gasteiger partial charge >= 0.3 is 0 Å². The monoisotopic (exact) mass is 258 g/mol. The minimum Gasteiger partial charge on any atom is -0.494 e. The first kappa shape index (κ1) is 13.8. The zero-order valence-corrected chi connectivity index (χ0v) is 12.2. The second-order valence-electron chi connectivity index (χ2n) is 4.70. The van der Waals surface area contributed by atoms with Gasteiger partial charge < -0.3 is 4.74 Å². The van der Waals surface area contributed by atoms with Crippen molar-refractivity contribution in [3.05, 3.63) is 36.0 Å². The summed E-state index contributed by atoms with van der Waals surface area (Å²) in [6, 6.07) is 8.76. The molecule has 0 saturated carbocycles. The Bertz CT molecular complexity index is 549. The van der Waals surface area contributed by atoms with Crippen LogP contribution in [0.3, 0.4) is 0 Å². The lowest BCUT2D eigenvalue weighted by molar-refractivity contribution is 0.234. The zero-order valence-electron chi connectivity index (χ0n) is 12.2. The third-order valence-corrected chi connectivity index (χ3v) is 3.75. The van der Waals surface area contributed by atoms with E-state index in [4.69, 9.17) is 4.74 Å². The molecule has 19 heavy (non-hydrogen) atoms. The van der Waals surface area contributed by atoms with Gasteiger partial charge in [0.15, 0.2) is 0 Å². The maximum atomic E-state index is 5.48. The summed E-state index contributed by atoms with van der Waals surface area (Å²) in [6.45, 7) is 8.72. The van der Waals surface area contributed by atoms with Crippen molar-refractivity contribution < 1.29 is 4.74 Å². The van der Waals surface area contributed by atoms with Crippen molar-refractivity contribution in [2.24, 2.45) is 0 Å². The molecule has 2 rings (SSSR count). The molecule has 0 amide bonds. The van der Waals surface area contributed by atoms with E-state index in [0.29, 0.717) is 6.04 Å². The number of hydrogen-bond donors (Lipinski definition) is 0. The van der Waals surface area contributed by atoms with Crippen LogP contribution in [0.1, 0.15) is 32.4 Å². The molecule has 0 aliphatic heterocycles. The summed E-state index contributed by atoms with van der Waals surface area (Å²) in [5, 5.41) is 1.14. The van der Waals surface area contributed by atoms with Crippen molar-refractivity contribution in [1.82, 2.24) is 9.88 Å². The van der Waals surface area contributed by atoms with E-state index in [1.807, 2.05) is 6.07 Å². The fraction of sp³-hybridized carbons (Fsp3) is 0.438. The van der Waals surface area contributed by atoms with Crippen molar-refractivity contribution in [2.45, 2.75) is 26.8 Å². The van der Waals surface area contributed by atoms with E-state index in [1.54, 1.807) is 13.3 Å². The Morgan fingerprint density at radius 3 is 2.63 bits per heavy atom. The molecule has 0 fully saturated rings. The number of rotatable bonds is 5. The lowest BCUT2D eigenvalue weighted by Crippen LogP contribution is -2.26. The number of aromatic nitrogens is 1. The molecule has 2 aromatic rings. The molecule has 0 aliphatic carbocycles. The molecule has 0 aliphatic rings. The maximum absolute atomic E-state index is 5.48.